The fourth-order valence-electron chi connectivity index (χ4n) is 6.60. The van der Waals surface area contributed by atoms with Crippen LogP contribution in [0.25, 0.3) is 0 Å². The van der Waals surface area contributed by atoms with Gasteiger partial charge in [0.1, 0.15) is 0 Å². The second kappa shape index (κ2) is 9.37. The number of hydrogen-bond acceptors (Lipinski definition) is 4. The van der Waals surface area contributed by atoms with Gasteiger partial charge < -0.3 is 5.32 Å². The van der Waals surface area contributed by atoms with Gasteiger partial charge in [-0.2, -0.15) is 0 Å². The number of carbonyl (C=O) groups excluding carboxylic acids is 1. The van der Waals surface area contributed by atoms with Crippen LogP contribution in [0, 0.1) is 17.8 Å². The molecule has 5 fully saturated rings. The summed E-state index contributed by atoms with van der Waals surface area (Å²) in [4.78, 5) is 15.5. The number of fused-ring (bicyclic) bond motifs is 3. The van der Waals surface area contributed by atoms with Crippen LogP contribution in [-0.4, -0.2) is 51.0 Å². The van der Waals surface area contributed by atoms with Crippen molar-refractivity contribution in [2.45, 2.75) is 102 Å². The fourth-order valence-corrected chi connectivity index (χ4v) is 6.60. The number of nitrogens with one attached hydrogen (secondary N) is 1. The van der Waals surface area contributed by atoms with Crippen molar-refractivity contribution < 1.29 is 4.79 Å². The van der Waals surface area contributed by atoms with Gasteiger partial charge in [-0.25, -0.2) is 0 Å². The van der Waals surface area contributed by atoms with E-state index in [-0.39, 0.29) is 5.92 Å². The Bertz CT molecular complexity index is 706. The summed E-state index contributed by atoms with van der Waals surface area (Å²) < 4.78 is 2.07. The Hall–Kier alpha value is -1.43. The SMILES string of the molecule is O=C(NC1CCCCC1)[C@H]1CN2CC[C@H]1C[C@@H]2Cn1cc(CC2CCCCC2)nn1. The van der Waals surface area contributed by atoms with E-state index in [4.69, 9.17) is 0 Å². The smallest absolute Gasteiger partial charge is 0.224 e. The largest absolute Gasteiger partial charge is 0.353 e. The number of nitrogens with zero attached hydrogens (tertiary/aromatic N) is 4. The molecule has 4 atom stereocenters. The van der Waals surface area contributed by atoms with Crippen molar-refractivity contribution in [3.8, 4) is 0 Å². The van der Waals surface area contributed by atoms with Crippen molar-refractivity contribution in [3.63, 3.8) is 0 Å². The molecule has 0 aromatic carbocycles. The van der Waals surface area contributed by atoms with Gasteiger partial charge in [0.25, 0.3) is 0 Å². The zero-order chi connectivity index (χ0) is 20.3. The third-order valence-corrected chi connectivity index (χ3v) is 8.37. The van der Waals surface area contributed by atoms with Gasteiger partial charge >= 0.3 is 0 Å². The highest BCUT2D eigenvalue weighted by Crippen LogP contribution is 2.37. The summed E-state index contributed by atoms with van der Waals surface area (Å²) in [5.41, 5.74) is 1.17. The molecule has 2 saturated carbocycles. The second-order valence-corrected chi connectivity index (χ2v) is 10.5. The molecule has 4 heterocycles. The third kappa shape index (κ3) is 4.74. The molecule has 1 amide bonds. The molecular formula is C24H39N5O. The van der Waals surface area contributed by atoms with Gasteiger partial charge in [-0.15, -0.1) is 5.10 Å². The number of hydrogen-bond donors (Lipinski definition) is 1. The highest BCUT2D eigenvalue weighted by atomic mass is 16.2. The maximum atomic E-state index is 12.9. The van der Waals surface area contributed by atoms with Gasteiger partial charge in [0.15, 0.2) is 0 Å². The molecule has 2 bridgehead atoms. The Balaban J connectivity index is 1.13. The lowest BCUT2D eigenvalue weighted by atomic mass is 9.75. The maximum Gasteiger partial charge on any atom is 0.224 e. The van der Waals surface area contributed by atoms with Gasteiger partial charge in [-0.05, 0) is 50.5 Å². The first-order valence-electron chi connectivity index (χ1n) is 12.7. The minimum Gasteiger partial charge on any atom is -0.353 e. The summed E-state index contributed by atoms with van der Waals surface area (Å²) in [5, 5.41) is 12.3. The molecule has 1 unspecified atom stereocenters. The van der Waals surface area contributed by atoms with Gasteiger partial charge in [0, 0.05) is 24.8 Å². The minimum absolute atomic E-state index is 0.189. The molecule has 2 aliphatic carbocycles. The zero-order valence-electron chi connectivity index (χ0n) is 18.5. The van der Waals surface area contributed by atoms with E-state index in [0.717, 1.165) is 38.4 Å². The molecule has 0 radical (unpaired) electrons. The van der Waals surface area contributed by atoms with Crippen molar-refractivity contribution in [3.05, 3.63) is 11.9 Å². The standard InChI is InChI=1S/C24H39N5O/c30-24(25-20-9-5-2-6-10-20)23-17-28-12-11-19(23)14-22(28)16-29-15-21(26-27-29)13-18-7-3-1-4-8-18/h15,18-20,22-23H,1-14,16-17H2,(H,25,30)/t19-,22+,23-/m0/s1. The van der Waals surface area contributed by atoms with E-state index in [9.17, 15) is 4.79 Å². The molecule has 3 aliphatic heterocycles. The van der Waals surface area contributed by atoms with E-state index in [1.807, 2.05) is 0 Å². The third-order valence-electron chi connectivity index (χ3n) is 8.37. The summed E-state index contributed by atoms with van der Waals surface area (Å²) in [6, 6.07) is 0.932. The van der Waals surface area contributed by atoms with Crippen molar-refractivity contribution in [1.82, 2.24) is 25.2 Å². The molecule has 0 spiro atoms. The summed E-state index contributed by atoms with van der Waals surface area (Å²) in [6.07, 6.45) is 18.7. The molecular weight excluding hydrogens is 374 g/mol. The number of piperidine rings is 3. The van der Waals surface area contributed by atoms with Crippen molar-refractivity contribution in [1.29, 1.82) is 0 Å². The molecule has 5 aliphatic rings. The lowest BCUT2D eigenvalue weighted by molar-refractivity contribution is -0.134. The average molecular weight is 414 g/mol. The Morgan fingerprint density at radius 1 is 1.03 bits per heavy atom. The first-order valence-corrected chi connectivity index (χ1v) is 12.7. The van der Waals surface area contributed by atoms with E-state index in [2.05, 4.69) is 31.4 Å². The highest BCUT2D eigenvalue weighted by Gasteiger charge is 2.43. The average Bonchev–Trinajstić information content (AvgIpc) is 3.22. The van der Waals surface area contributed by atoms with Gasteiger partial charge in [-0.1, -0.05) is 56.6 Å². The molecule has 6 nitrogen and oxygen atoms in total. The minimum atomic E-state index is 0.189. The first-order chi connectivity index (χ1) is 14.7. The summed E-state index contributed by atoms with van der Waals surface area (Å²) in [6.45, 7) is 2.98. The first kappa shape index (κ1) is 20.5. The number of carbonyl (C=O) groups is 1. The Kier molecular flexibility index (Phi) is 6.40. The van der Waals surface area contributed by atoms with Gasteiger partial charge in [0.2, 0.25) is 5.91 Å². The maximum absolute atomic E-state index is 12.9. The van der Waals surface area contributed by atoms with Gasteiger partial charge in [-0.3, -0.25) is 14.4 Å². The van der Waals surface area contributed by atoms with Crippen LogP contribution in [0.15, 0.2) is 6.20 Å². The Labute approximate surface area is 181 Å². The van der Waals surface area contributed by atoms with Crippen LogP contribution in [-0.2, 0) is 17.8 Å². The zero-order valence-corrected chi connectivity index (χ0v) is 18.5. The number of aromatic nitrogens is 3. The quantitative estimate of drug-likeness (QED) is 0.775. The molecule has 1 N–H and O–H groups in total. The molecule has 6 rings (SSSR count). The number of amides is 1. The van der Waals surface area contributed by atoms with Crippen molar-refractivity contribution >= 4 is 5.91 Å². The van der Waals surface area contributed by atoms with Crippen LogP contribution in [0.3, 0.4) is 0 Å². The van der Waals surface area contributed by atoms with Crippen molar-refractivity contribution in [2.75, 3.05) is 13.1 Å². The van der Waals surface area contributed by atoms with Crippen LogP contribution in [0.4, 0.5) is 0 Å². The molecule has 1 aromatic heterocycles. The van der Waals surface area contributed by atoms with Gasteiger partial charge in [0.05, 0.1) is 18.2 Å². The van der Waals surface area contributed by atoms with Crippen molar-refractivity contribution in [2.24, 2.45) is 17.8 Å². The summed E-state index contributed by atoms with van der Waals surface area (Å²) in [5.74, 6) is 1.86. The lowest BCUT2D eigenvalue weighted by Crippen LogP contribution is -2.58. The molecule has 6 heteroatoms. The van der Waals surface area contributed by atoms with Crippen LogP contribution >= 0.6 is 0 Å². The topological polar surface area (TPSA) is 63.1 Å². The second-order valence-electron chi connectivity index (χ2n) is 10.5. The van der Waals surface area contributed by atoms with E-state index in [0.29, 0.717) is 23.9 Å². The Morgan fingerprint density at radius 3 is 2.53 bits per heavy atom. The highest BCUT2D eigenvalue weighted by molar-refractivity contribution is 5.79. The monoisotopic (exact) mass is 413 g/mol. The van der Waals surface area contributed by atoms with Crippen LogP contribution in [0.5, 0.6) is 0 Å². The molecule has 30 heavy (non-hydrogen) atoms. The van der Waals surface area contributed by atoms with E-state index in [1.165, 1.54) is 76.3 Å². The summed E-state index contributed by atoms with van der Waals surface area (Å²) >= 11 is 0. The lowest BCUT2D eigenvalue weighted by Gasteiger charge is -2.49. The molecule has 166 valence electrons. The molecule has 3 saturated heterocycles. The van der Waals surface area contributed by atoms with Crippen LogP contribution in [0.1, 0.15) is 82.7 Å². The van der Waals surface area contributed by atoms with Crippen LogP contribution < -0.4 is 5.32 Å². The van der Waals surface area contributed by atoms with E-state index in [1.54, 1.807) is 0 Å². The fraction of sp³-hybridized carbons (Fsp3) is 0.875. The van der Waals surface area contributed by atoms with E-state index < -0.39 is 0 Å². The predicted octanol–water partition coefficient (Wildman–Crippen LogP) is 3.56. The normalized spacial score (nSPS) is 32.9. The van der Waals surface area contributed by atoms with E-state index >= 15 is 0 Å². The predicted molar refractivity (Wildman–Crippen MR) is 117 cm³/mol. The summed E-state index contributed by atoms with van der Waals surface area (Å²) in [7, 11) is 0. The Morgan fingerprint density at radius 2 is 1.80 bits per heavy atom. The molecule has 1 aromatic rings. The van der Waals surface area contributed by atoms with Crippen LogP contribution in [0.2, 0.25) is 0 Å². The number of rotatable bonds is 6.